The summed E-state index contributed by atoms with van der Waals surface area (Å²) < 4.78 is 34.5. The minimum atomic E-state index is -3.71. The molecule has 2 heterocycles. The van der Waals surface area contributed by atoms with E-state index in [0.29, 0.717) is 29.2 Å². The summed E-state index contributed by atoms with van der Waals surface area (Å²) >= 11 is 0. The van der Waals surface area contributed by atoms with Gasteiger partial charge in [-0.2, -0.15) is 0 Å². The number of anilines is 2. The Kier molecular flexibility index (Phi) is 6.51. The lowest BCUT2D eigenvalue weighted by Crippen LogP contribution is -2.32. The van der Waals surface area contributed by atoms with Crippen LogP contribution in [0.1, 0.15) is 24.0 Å². The van der Waals surface area contributed by atoms with E-state index in [4.69, 9.17) is 4.74 Å². The summed E-state index contributed by atoms with van der Waals surface area (Å²) in [4.78, 5) is 0.237. The lowest BCUT2D eigenvalue weighted by molar-refractivity contribution is 0.114. The fourth-order valence-electron chi connectivity index (χ4n) is 4.37. The van der Waals surface area contributed by atoms with Crippen molar-refractivity contribution in [1.82, 2.24) is 14.9 Å². The van der Waals surface area contributed by atoms with Crippen LogP contribution in [0.2, 0.25) is 0 Å². The molecule has 0 saturated carbocycles. The quantitative estimate of drug-likeness (QED) is 0.375. The molecule has 0 spiro atoms. The second kappa shape index (κ2) is 9.73. The Morgan fingerprint density at radius 1 is 0.943 bits per heavy atom. The van der Waals surface area contributed by atoms with Crippen molar-refractivity contribution in [3.05, 3.63) is 77.9 Å². The fourth-order valence-corrected chi connectivity index (χ4v) is 5.71. The number of hydrogen-bond acceptors (Lipinski definition) is 6. The molecule has 1 aromatic heterocycles. The van der Waals surface area contributed by atoms with Crippen LogP contribution in [0.15, 0.2) is 71.6 Å². The molecule has 1 aliphatic rings. The second-order valence-electron chi connectivity index (χ2n) is 8.85. The fraction of sp³-hybridized carbons (Fsp3) is 0.259. The average molecular weight is 489 g/mol. The SMILES string of the molecule is Cc1ccccc1Nc1nnc(-c2ccc(C)c(S(=O)(=O)NC[C@H]3CCCO3)c2)c2ccccc12. The highest BCUT2D eigenvalue weighted by Gasteiger charge is 2.23. The Morgan fingerprint density at radius 2 is 1.71 bits per heavy atom. The van der Waals surface area contributed by atoms with Gasteiger partial charge in [-0.1, -0.05) is 54.6 Å². The van der Waals surface area contributed by atoms with E-state index in [0.717, 1.165) is 34.9 Å². The maximum atomic E-state index is 13.1. The molecular formula is C27H28N4O3S. The molecule has 7 nitrogen and oxygen atoms in total. The van der Waals surface area contributed by atoms with Gasteiger partial charge in [0.05, 0.1) is 11.0 Å². The van der Waals surface area contributed by atoms with Crippen molar-refractivity contribution in [2.75, 3.05) is 18.5 Å². The monoisotopic (exact) mass is 488 g/mol. The summed E-state index contributed by atoms with van der Waals surface area (Å²) in [6.45, 7) is 4.78. The average Bonchev–Trinajstić information content (AvgIpc) is 3.39. The third kappa shape index (κ3) is 4.91. The van der Waals surface area contributed by atoms with Gasteiger partial charge < -0.3 is 10.1 Å². The molecular weight excluding hydrogens is 460 g/mol. The molecule has 1 fully saturated rings. The highest BCUT2D eigenvalue weighted by Crippen LogP contribution is 2.33. The predicted octanol–water partition coefficient (Wildman–Crippen LogP) is 5.11. The highest BCUT2D eigenvalue weighted by atomic mass is 32.2. The van der Waals surface area contributed by atoms with Gasteiger partial charge in [0, 0.05) is 35.2 Å². The van der Waals surface area contributed by atoms with Gasteiger partial charge >= 0.3 is 0 Å². The van der Waals surface area contributed by atoms with Crippen molar-refractivity contribution < 1.29 is 13.2 Å². The minimum Gasteiger partial charge on any atom is -0.377 e. The predicted molar refractivity (Wildman–Crippen MR) is 138 cm³/mol. The van der Waals surface area contributed by atoms with E-state index in [1.807, 2.05) is 67.6 Å². The summed E-state index contributed by atoms with van der Waals surface area (Å²) in [6.07, 6.45) is 1.75. The molecule has 180 valence electrons. The smallest absolute Gasteiger partial charge is 0.240 e. The van der Waals surface area contributed by atoms with E-state index in [9.17, 15) is 8.42 Å². The maximum Gasteiger partial charge on any atom is 0.240 e. The maximum absolute atomic E-state index is 13.1. The number of ether oxygens (including phenoxy) is 1. The normalized spacial score (nSPS) is 16.0. The van der Waals surface area contributed by atoms with Crippen molar-refractivity contribution >= 4 is 32.3 Å². The van der Waals surface area contributed by atoms with Crippen LogP contribution in [0.25, 0.3) is 22.0 Å². The van der Waals surface area contributed by atoms with Crippen molar-refractivity contribution in [1.29, 1.82) is 0 Å². The number of benzene rings is 3. The van der Waals surface area contributed by atoms with Crippen molar-refractivity contribution in [3.8, 4) is 11.3 Å². The number of aromatic nitrogens is 2. The first kappa shape index (κ1) is 23.4. The van der Waals surface area contributed by atoms with Crippen LogP contribution in [0.3, 0.4) is 0 Å². The zero-order valence-corrected chi connectivity index (χ0v) is 20.6. The van der Waals surface area contributed by atoms with E-state index in [2.05, 4.69) is 20.2 Å². The number of rotatable bonds is 7. The first-order valence-electron chi connectivity index (χ1n) is 11.7. The Morgan fingerprint density at radius 3 is 2.49 bits per heavy atom. The molecule has 3 aromatic carbocycles. The van der Waals surface area contributed by atoms with E-state index < -0.39 is 10.0 Å². The lowest BCUT2D eigenvalue weighted by Gasteiger charge is -2.15. The number of aryl methyl sites for hydroxylation is 2. The number of sulfonamides is 1. The van der Waals surface area contributed by atoms with Crippen molar-refractivity contribution in [3.63, 3.8) is 0 Å². The molecule has 4 aromatic rings. The number of para-hydroxylation sites is 1. The summed E-state index contributed by atoms with van der Waals surface area (Å²) in [7, 11) is -3.71. The Hall–Kier alpha value is -3.33. The third-order valence-electron chi connectivity index (χ3n) is 6.36. The molecule has 0 aliphatic carbocycles. The zero-order chi connectivity index (χ0) is 24.4. The van der Waals surface area contributed by atoms with Crippen LogP contribution < -0.4 is 10.0 Å². The first-order valence-corrected chi connectivity index (χ1v) is 13.2. The molecule has 35 heavy (non-hydrogen) atoms. The number of hydrogen-bond donors (Lipinski definition) is 2. The molecule has 0 amide bonds. The van der Waals surface area contributed by atoms with Crippen LogP contribution >= 0.6 is 0 Å². The van der Waals surface area contributed by atoms with Gasteiger partial charge in [0.2, 0.25) is 10.0 Å². The molecule has 1 atom stereocenters. The van der Waals surface area contributed by atoms with E-state index >= 15 is 0 Å². The van der Waals surface area contributed by atoms with Crippen LogP contribution in [-0.4, -0.2) is 37.9 Å². The summed E-state index contributed by atoms with van der Waals surface area (Å²) in [6, 6.07) is 21.2. The topological polar surface area (TPSA) is 93.2 Å². The molecule has 2 N–H and O–H groups in total. The van der Waals surface area contributed by atoms with E-state index in [1.165, 1.54) is 0 Å². The molecule has 1 aliphatic heterocycles. The van der Waals surface area contributed by atoms with Crippen LogP contribution in [0.4, 0.5) is 11.5 Å². The largest absolute Gasteiger partial charge is 0.377 e. The molecule has 8 heteroatoms. The van der Waals surface area contributed by atoms with Crippen LogP contribution in [-0.2, 0) is 14.8 Å². The number of nitrogens with zero attached hydrogens (tertiary/aromatic N) is 2. The van der Waals surface area contributed by atoms with E-state index in [-0.39, 0.29) is 17.5 Å². The van der Waals surface area contributed by atoms with Gasteiger partial charge in [0.1, 0.15) is 5.69 Å². The third-order valence-corrected chi connectivity index (χ3v) is 7.93. The Balaban J connectivity index is 1.51. The first-order chi connectivity index (χ1) is 16.9. The Labute approximate surface area is 205 Å². The lowest BCUT2D eigenvalue weighted by atomic mass is 10.0. The summed E-state index contributed by atoms with van der Waals surface area (Å²) in [5.41, 5.74) is 4.06. The Bertz CT molecular complexity index is 1480. The van der Waals surface area contributed by atoms with Gasteiger partial charge in [-0.05, 0) is 49.9 Å². The zero-order valence-electron chi connectivity index (χ0n) is 19.8. The van der Waals surface area contributed by atoms with Gasteiger partial charge in [0.25, 0.3) is 0 Å². The van der Waals surface area contributed by atoms with E-state index in [1.54, 1.807) is 13.0 Å². The van der Waals surface area contributed by atoms with Crippen molar-refractivity contribution in [2.45, 2.75) is 37.7 Å². The minimum absolute atomic E-state index is 0.0728. The van der Waals surface area contributed by atoms with Gasteiger partial charge in [-0.15, -0.1) is 10.2 Å². The molecule has 1 saturated heterocycles. The van der Waals surface area contributed by atoms with Crippen molar-refractivity contribution in [2.24, 2.45) is 0 Å². The highest BCUT2D eigenvalue weighted by molar-refractivity contribution is 7.89. The summed E-state index contributed by atoms with van der Waals surface area (Å²) in [5.74, 6) is 0.650. The number of nitrogens with one attached hydrogen (secondary N) is 2. The molecule has 0 bridgehead atoms. The second-order valence-corrected chi connectivity index (χ2v) is 10.6. The molecule has 5 rings (SSSR count). The standard InChI is InChI=1S/C27H28N4O3S/c1-18-8-3-6-12-24(18)29-27-23-11-5-4-10-22(23)26(30-31-27)20-14-13-19(2)25(16-20)35(32,33)28-17-21-9-7-15-34-21/h3-6,8,10-14,16,21,28H,7,9,15,17H2,1-2H3,(H,29,31)/t21-/m1/s1. The van der Waals surface area contributed by atoms with Crippen LogP contribution in [0.5, 0.6) is 0 Å². The number of fused-ring (bicyclic) bond motifs is 1. The van der Waals surface area contributed by atoms with Crippen LogP contribution in [0, 0.1) is 13.8 Å². The summed E-state index contributed by atoms with van der Waals surface area (Å²) in [5, 5.41) is 14.2. The van der Waals surface area contributed by atoms with Gasteiger partial charge in [-0.3, -0.25) is 0 Å². The molecule has 0 unspecified atom stereocenters. The van der Waals surface area contributed by atoms with Gasteiger partial charge in [0.15, 0.2) is 5.82 Å². The van der Waals surface area contributed by atoms with Gasteiger partial charge in [-0.25, -0.2) is 13.1 Å². The molecule has 0 radical (unpaired) electrons.